The average molecular weight is 653 g/mol. The van der Waals surface area contributed by atoms with Gasteiger partial charge in [0.05, 0.1) is 5.69 Å². The summed E-state index contributed by atoms with van der Waals surface area (Å²) in [6.45, 7) is 1.76. The van der Waals surface area contributed by atoms with Crippen LogP contribution in [0.25, 0.3) is 11.1 Å². The molecule has 4 aromatic carbocycles. The van der Waals surface area contributed by atoms with Crippen LogP contribution in [0.2, 0.25) is 0 Å². The number of hydrogen-bond acceptors (Lipinski definition) is 7. The minimum Gasteiger partial charge on any atom is -0.479 e. The minimum absolute atomic E-state index is 0.0127. The number of para-hydroxylation sites is 1. The van der Waals surface area contributed by atoms with Crippen molar-refractivity contribution in [1.29, 1.82) is 0 Å². The number of nitrogens with zero attached hydrogens (tertiary/aromatic N) is 1. The van der Waals surface area contributed by atoms with Gasteiger partial charge in [0.15, 0.2) is 23.5 Å². The first kappa shape index (κ1) is 33.2. The zero-order valence-corrected chi connectivity index (χ0v) is 25.6. The number of carboxylic acid groups (broad SMARTS) is 1. The molecule has 1 unspecified atom stereocenters. The monoisotopic (exact) mass is 652 g/mol. The lowest BCUT2D eigenvalue weighted by Gasteiger charge is -2.18. The Balaban J connectivity index is 1.51. The Morgan fingerprint density at radius 2 is 1.50 bits per heavy atom. The molecule has 0 radical (unpaired) electrons. The maximum atomic E-state index is 15.0. The highest BCUT2D eigenvalue weighted by molar-refractivity contribution is 6.09. The van der Waals surface area contributed by atoms with Gasteiger partial charge in [-0.05, 0) is 60.0 Å². The fourth-order valence-corrected chi connectivity index (χ4v) is 4.70. The van der Waals surface area contributed by atoms with Crippen LogP contribution in [0.4, 0.5) is 20.2 Å². The van der Waals surface area contributed by atoms with Crippen LogP contribution < -0.4 is 25.8 Å². The normalized spacial score (nSPS) is 11.3. The number of benzene rings is 4. The van der Waals surface area contributed by atoms with E-state index >= 15 is 4.39 Å². The van der Waals surface area contributed by atoms with Gasteiger partial charge in [0.25, 0.3) is 23.6 Å². The molecule has 5 N–H and O–H groups in total. The number of carbonyl (C=O) groups is 3. The van der Waals surface area contributed by atoms with E-state index < -0.39 is 41.4 Å². The third kappa shape index (κ3) is 7.80. The summed E-state index contributed by atoms with van der Waals surface area (Å²) in [5.41, 5.74) is 8.88. The minimum atomic E-state index is -1.44. The molecule has 0 saturated heterocycles. The molecule has 12 heteroatoms. The zero-order chi connectivity index (χ0) is 34.2. The molecule has 244 valence electrons. The second kappa shape index (κ2) is 15.0. The van der Waals surface area contributed by atoms with Gasteiger partial charge in [0.1, 0.15) is 0 Å². The van der Waals surface area contributed by atoms with Crippen molar-refractivity contribution in [1.82, 2.24) is 4.98 Å². The molecular formula is C36H30F2N4O6. The molecule has 48 heavy (non-hydrogen) atoms. The fourth-order valence-electron chi connectivity index (χ4n) is 4.70. The van der Waals surface area contributed by atoms with Gasteiger partial charge in [-0.2, -0.15) is 4.98 Å². The fraction of sp³-hybridized carbons (Fsp3) is 0.111. The van der Waals surface area contributed by atoms with Crippen LogP contribution in [-0.2, 0) is 11.3 Å². The van der Waals surface area contributed by atoms with Gasteiger partial charge >= 0.3 is 5.97 Å². The topological polar surface area (TPSA) is 153 Å². The number of aromatic nitrogens is 1. The van der Waals surface area contributed by atoms with Crippen LogP contribution in [0, 0.1) is 11.6 Å². The van der Waals surface area contributed by atoms with Crippen LogP contribution in [0.3, 0.4) is 0 Å². The van der Waals surface area contributed by atoms with Crippen LogP contribution in [-0.4, -0.2) is 34.0 Å². The van der Waals surface area contributed by atoms with E-state index in [0.717, 1.165) is 5.56 Å². The smallest absolute Gasteiger partial charge is 0.344 e. The van der Waals surface area contributed by atoms with E-state index in [2.05, 4.69) is 15.6 Å². The summed E-state index contributed by atoms with van der Waals surface area (Å²) in [5, 5.41) is 14.9. The molecule has 0 aliphatic rings. The highest BCUT2D eigenvalue weighted by Crippen LogP contribution is 2.39. The molecular weight excluding hydrogens is 622 g/mol. The predicted octanol–water partition coefficient (Wildman–Crippen LogP) is 7.02. The summed E-state index contributed by atoms with van der Waals surface area (Å²) in [5.74, 6) is -6.29. The first-order chi connectivity index (χ1) is 23.2. The molecule has 10 nitrogen and oxygen atoms in total. The van der Waals surface area contributed by atoms with Crippen molar-refractivity contribution in [2.45, 2.75) is 26.0 Å². The van der Waals surface area contributed by atoms with Crippen molar-refractivity contribution in [3.63, 3.8) is 0 Å². The summed E-state index contributed by atoms with van der Waals surface area (Å²) >= 11 is 0. The van der Waals surface area contributed by atoms with E-state index in [1.165, 1.54) is 19.1 Å². The lowest BCUT2D eigenvalue weighted by Crippen LogP contribution is -2.26. The Morgan fingerprint density at radius 3 is 2.23 bits per heavy atom. The number of carboxylic acids is 1. The molecule has 2 amide bonds. The van der Waals surface area contributed by atoms with Crippen LogP contribution in [0.1, 0.15) is 39.6 Å². The summed E-state index contributed by atoms with van der Waals surface area (Å²) in [4.78, 5) is 41.7. The Morgan fingerprint density at radius 1 is 0.812 bits per heavy atom. The van der Waals surface area contributed by atoms with Gasteiger partial charge in [0.2, 0.25) is 0 Å². The maximum Gasteiger partial charge on any atom is 0.344 e. The third-order valence-corrected chi connectivity index (χ3v) is 7.13. The second-order valence-corrected chi connectivity index (χ2v) is 10.5. The Kier molecular flexibility index (Phi) is 10.4. The number of hydrogen-bond donors (Lipinski definition) is 4. The molecule has 0 fully saturated rings. The number of carbonyl (C=O) groups excluding carboxylic acids is 2. The summed E-state index contributed by atoms with van der Waals surface area (Å²) in [6.07, 6.45) is -1.45. The summed E-state index contributed by atoms with van der Waals surface area (Å²) in [6, 6.07) is 27.3. The number of halogens is 2. The van der Waals surface area contributed by atoms with Crippen molar-refractivity contribution < 1.29 is 37.7 Å². The number of nitrogens with one attached hydrogen (secondary N) is 2. The standard InChI is InChI=1S/C36H30F2N4O6/c1-2-29(36(45)46)47-34-27(37)19-28(38)35(42-34)48-30-16-8-15-26(23-12-6-9-21(17-23)20-39)31(30)41-33(44)24-13-7-14-25(18-24)40-32(43)22-10-4-3-5-11-22/h3-19,29H,2,20,39H2,1H3,(H,40,43)(H,41,44)(H,45,46). The molecule has 5 aromatic rings. The van der Waals surface area contributed by atoms with Crippen LogP contribution >= 0.6 is 0 Å². The largest absolute Gasteiger partial charge is 0.479 e. The highest BCUT2D eigenvalue weighted by Gasteiger charge is 2.24. The Bertz CT molecular complexity index is 1970. The Hall–Kier alpha value is -6.14. The molecule has 1 heterocycles. The number of aliphatic carboxylic acids is 1. The molecule has 1 atom stereocenters. The van der Waals surface area contributed by atoms with Gasteiger partial charge < -0.3 is 30.9 Å². The van der Waals surface area contributed by atoms with E-state index in [1.807, 2.05) is 12.1 Å². The van der Waals surface area contributed by atoms with E-state index in [4.69, 9.17) is 15.2 Å². The van der Waals surface area contributed by atoms with E-state index in [0.29, 0.717) is 28.4 Å². The second-order valence-electron chi connectivity index (χ2n) is 10.5. The van der Waals surface area contributed by atoms with Crippen molar-refractivity contribution in [3.8, 4) is 28.6 Å². The lowest BCUT2D eigenvalue weighted by atomic mass is 10.0. The molecule has 0 aliphatic heterocycles. The first-order valence-corrected chi connectivity index (χ1v) is 14.8. The van der Waals surface area contributed by atoms with Gasteiger partial charge in [-0.3, -0.25) is 9.59 Å². The quantitative estimate of drug-likeness (QED) is 0.112. The molecule has 0 saturated carbocycles. The van der Waals surface area contributed by atoms with E-state index in [-0.39, 0.29) is 35.9 Å². The van der Waals surface area contributed by atoms with Gasteiger partial charge in [-0.1, -0.05) is 61.5 Å². The SMILES string of the molecule is CCC(Oc1nc(Oc2cccc(-c3cccc(CN)c3)c2NC(=O)c2cccc(NC(=O)c3ccccc3)c2)c(F)cc1F)C(=O)O. The molecule has 0 spiro atoms. The summed E-state index contributed by atoms with van der Waals surface area (Å²) in [7, 11) is 0. The average Bonchev–Trinajstić information content (AvgIpc) is 3.09. The molecule has 0 aliphatic carbocycles. The number of pyridine rings is 1. The number of amides is 2. The molecule has 1 aromatic heterocycles. The van der Waals surface area contributed by atoms with Crippen molar-refractivity contribution in [3.05, 3.63) is 131 Å². The van der Waals surface area contributed by atoms with Crippen molar-refractivity contribution in [2.75, 3.05) is 10.6 Å². The predicted molar refractivity (Wildman–Crippen MR) is 175 cm³/mol. The number of ether oxygens (including phenoxy) is 2. The van der Waals surface area contributed by atoms with Crippen LogP contribution in [0.5, 0.6) is 17.5 Å². The highest BCUT2D eigenvalue weighted by atomic mass is 19.1. The summed E-state index contributed by atoms with van der Waals surface area (Å²) < 4.78 is 40.6. The third-order valence-electron chi connectivity index (χ3n) is 7.13. The number of anilines is 2. The molecule has 5 rings (SSSR count). The first-order valence-electron chi connectivity index (χ1n) is 14.8. The van der Waals surface area contributed by atoms with Crippen LogP contribution in [0.15, 0.2) is 103 Å². The number of rotatable bonds is 12. The van der Waals surface area contributed by atoms with E-state index in [9.17, 15) is 23.9 Å². The Labute approximate surface area is 274 Å². The van der Waals surface area contributed by atoms with Gasteiger partial charge in [-0.15, -0.1) is 0 Å². The van der Waals surface area contributed by atoms with E-state index in [1.54, 1.807) is 72.8 Å². The van der Waals surface area contributed by atoms with Crippen molar-refractivity contribution >= 4 is 29.2 Å². The molecule has 0 bridgehead atoms. The maximum absolute atomic E-state index is 15.0. The van der Waals surface area contributed by atoms with Gasteiger partial charge in [-0.25, -0.2) is 13.6 Å². The van der Waals surface area contributed by atoms with Crippen molar-refractivity contribution in [2.24, 2.45) is 5.73 Å². The lowest BCUT2D eigenvalue weighted by molar-refractivity contribution is -0.145. The zero-order valence-electron chi connectivity index (χ0n) is 25.6. The number of nitrogens with two attached hydrogens (primary N) is 1. The van der Waals surface area contributed by atoms with Gasteiger partial charge in [0, 0.05) is 35.0 Å².